The zero-order valence-electron chi connectivity index (χ0n) is 10.3. The largest absolute Gasteiger partial charge is 0.370 e. The lowest BCUT2D eigenvalue weighted by Gasteiger charge is -2.17. The molecule has 0 aliphatic heterocycles. The molecule has 1 fully saturated rings. The van der Waals surface area contributed by atoms with Crippen LogP contribution in [0.3, 0.4) is 0 Å². The van der Waals surface area contributed by atoms with Crippen molar-refractivity contribution in [2.24, 2.45) is 23.3 Å². The third-order valence-corrected chi connectivity index (χ3v) is 3.45. The smallest absolute Gasteiger partial charge is 0.223 e. The van der Waals surface area contributed by atoms with E-state index in [2.05, 4.69) is 5.32 Å². The van der Waals surface area contributed by atoms with Crippen molar-refractivity contribution in [1.29, 1.82) is 0 Å². The summed E-state index contributed by atoms with van der Waals surface area (Å²) in [5.74, 6) is 0.282. The minimum absolute atomic E-state index is 0.0936. The van der Waals surface area contributed by atoms with E-state index in [0.717, 1.165) is 32.1 Å². The van der Waals surface area contributed by atoms with Gasteiger partial charge in [0, 0.05) is 18.9 Å². The van der Waals surface area contributed by atoms with Crippen molar-refractivity contribution in [2.45, 2.75) is 38.5 Å². The van der Waals surface area contributed by atoms with Crippen LogP contribution in [0.15, 0.2) is 0 Å². The Bertz CT molecular complexity index is 268. The summed E-state index contributed by atoms with van der Waals surface area (Å²) in [6.45, 7) is 1.22. The van der Waals surface area contributed by atoms with E-state index in [9.17, 15) is 9.59 Å². The average molecular weight is 241 g/mol. The Hall–Kier alpha value is -1.10. The first-order valence-electron chi connectivity index (χ1n) is 6.41. The molecular weight excluding hydrogens is 218 g/mol. The Kier molecular flexibility index (Phi) is 5.97. The summed E-state index contributed by atoms with van der Waals surface area (Å²) in [4.78, 5) is 22.4. The summed E-state index contributed by atoms with van der Waals surface area (Å²) < 4.78 is 0. The summed E-state index contributed by atoms with van der Waals surface area (Å²) >= 11 is 0. The van der Waals surface area contributed by atoms with Crippen LogP contribution in [0.5, 0.6) is 0 Å². The van der Waals surface area contributed by atoms with Gasteiger partial charge in [0.05, 0.1) is 0 Å². The summed E-state index contributed by atoms with van der Waals surface area (Å²) in [6, 6.07) is 0. The summed E-state index contributed by atoms with van der Waals surface area (Å²) in [5.41, 5.74) is 10.7. The minimum Gasteiger partial charge on any atom is -0.370 e. The van der Waals surface area contributed by atoms with Gasteiger partial charge in [-0.05, 0) is 38.1 Å². The molecule has 5 N–H and O–H groups in total. The van der Waals surface area contributed by atoms with Gasteiger partial charge < -0.3 is 16.8 Å². The lowest BCUT2D eigenvalue weighted by Crippen LogP contribution is -2.35. The number of nitrogens with two attached hydrogens (primary N) is 2. The highest BCUT2D eigenvalue weighted by Gasteiger charge is 2.31. The first kappa shape index (κ1) is 14.0. The number of nitrogens with one attached hydrogen (secondary N) is 1. The molecule has 1 saturated carbocycles. The molecule has 0 aromatic rings. The molecule has 17 heavy (non-hydrogen) atoms. The monoisotopic (exact) mass is 241 g/mol. The fourth-order valence-electron chi connectivity index (χ4n) is 2.43. The number of rotatable bonds is 7. The second-order valence-corrected chi connectivity index (χ2v) is 4.75. The van der Waals surface area contributed by atoms with Gasteiger partial charge >= 0.3 is 0 Å². The van der Waals surface area contributed by atoms with Crippen LogP contribution < -0.4 is 16.8 Å². The zero-order chi connectivity index (χ0) is 12.7. The molecule has 0 saturated heterocycles. The fourth-order valence-corrected chi connectivity index (χ4v) is 2.43. The quantitative estimate of drug-likeness (QED) is 0.553. The number of primary amides is 1. The maximum Gasteiger partial charge on any atom is 0.223 e. The van der Waals surface area contributed by atoms with Crippen LogP contribution in [0.2, 0.25) is 0 Å². The summed E-state index contributed by atoms with van der Waals surface area (Å²) in [5, 5.41) is 2.92. The highest BCUT2D eigenvalue weighted by Crippen LogP contribution is 2.30. The fraction of sp³-hybridized carbons (Fsp3) is 0.833. The third kappa shape index (κ3) is 4.73. The molecule has 5 nitrogen and oxygen atoms in total. The van der Waals surface area contributed by atoms with Gasteiger partial charge in [-0.2, -0.15) is 0 Å². The molecule has 0 aromatic heterocycles. The summed E-state index contributed by atoms with van der Waals surface area (Å²) in [7, 11) is 0. The van der Waals surface area contributed by atoms with Gasteiger partial charge in [-0.1, -0.05) is 6.42 Å². The van der Waals surface area contributed by atoms with Gasteiger partial charge in [-0.15, -0.1) is 0 Å². The van der Waals surface area contributed by atoms with E-state index in [0.29, 0.717) is 25.4 Å². The van der Waals surface area contributed by atoms with Crippen LogP contribution in [0.25, 0.3) is 0 Å². The Morgan fingerprint density at radius 2 is 2.00 bits per heavy atom. The van der Waals surface area contributed by atoms with Gasteiger partial charge in [-0.25, -0.2) is 0 Å². The molecule has 1 rings (SSSR count). The van der Waals surface area contributed by atoms with Crippen molar-refractivity contribution in [2.75, 3.05) is 13.1 Å². The van der Waals surface area contributed by atoms with Gasteiger partial charge in [0.2, 0.25) is 11.8 Å². The predicted molar refractivity (Wildman–Crippen MR) is 65.9 cm³/mol. The first-order chi connectivity index (χ1) is 8.15. The number of carbonyl (C=O) groups excluding carboxylic acids is 2. The number of hydrogen-bond acceptors (Lipinski definition) is 3. The second kappa shape index (κ2) is 7.27. The minimum atomic E-state index is -0.282. The average Bonchev–Trinajstić information content (AvgIpc) is 2.75. The third-order valence-electron chi connectivity index (χ3n) is 3.45. The van der Waals surface area contributed by atoms with Crippen LogP contribution in [0.4, 0.5) is 0 Å². The topological polar surface area (TPSA) is 98.2 Å². The van der Waals surface area contributed by atoms with Gasteiger partial charge in [0.15, 0.2) is 0 Å². The van der Waals surface area contributed by atoms with Crippen LogP contribution in [0.1, 0.15) is 38.5 Å². The van der Waals surface area contributed by atoms with E-state index in [1.807, 2.05) is 0 Å². The molecule has 1 aliphatic rings. The van der Waals surface area contributed by atoms with E-state index in [1.165, 1.54) is 0 Å². The van der Waals surface area contributed by atoms with Crippen molar-refractivity contribution in [3.8, 4) is 0 Å². The van der Waals surface area contributed by atoms with E-state index < -0.39 is 0 Å². The lowest BCUT2D eigenvalue weighted by molar-refractivity contribution is -0.125. The number of hydrogen-bond donors (Lipinski definition) is 3. The van der Waals surface area contributed by atoms with Crippen LogP contribution >= 0.6 is 0 Å². The Morgan fingerprint density at radius 1 is 1.24 bits per heavy atom. The second-order valence-electron chi connectivity index (χ2n) is 4.75. The van der Waals surface area contributed by atoms with E-state index >= 15 is 0 Å². The lowest BCUT2D eigenvalue weighted by atomic mass is 9.95. The first-order valence-corrected chi connectivity index (χ1v) is 6.41. The molecule has 1 aliphatic carbocycles. The molecule has 0 bridgehead atoms. The SMILES string of the molecule is NCC1CCCC1C(=O)NCCCCC(N)=O. The van der Waals surface area contributed by atoms with E-state index in [-0.39, 0.29) is 17.7 Å². The molecule has 2 atom stereocenters. The predicted octanol–water partition coefficient (Wildman–Crippen LogP) is 0.133. The van der Waals surface area contributed by atoms with E-state index in [1.54, 1.807) is 0 Å². The van der Waals surface area contributed by atoms with Crippen molar-refractivity contribution >= 4 is 11.8 Å². The van der Waals surface area contributed by atoms with Gasteiger partial charge in [-0.3, -0.25) is 9.59 Å². The normalized spacial score (nSPS) is 23.6. The molecule has 0 radical (unpaired) electrons. The maximum atomic E-state index is 11.9. The summed E-state index contributed by atoms with van der Waals surface area (Å²) in [6.07, 6.45) is 5.05. The number of amides is 2. The van der Waals surface area contributed by atoms with Gasteiger partial charge in [0.25, 0.3) is 0 Å². The molecule has 0 aromatic carbocycles. The van der Waals surface area contributed by atoms with Crippen LogP contribution in [0, 0.1) is 11.8 Å². The molecule has 98 valence electrons. The Labute approximate surface area is 102 Å². The van der Waals surface area contributed by atoms with Gasteiger partial charge in [0.1, 0.15) is 0 Å². The zero-order valence-corrected chi connectivity index (χ0v) is 10.3. The molecule has 2 unspecified atom stereocenters. The van der Waals surface area contributed by atoms with Crippen LogP contribution in [-0.4, -0.2) is 24.9 Å². The van der Waals surface area contributed by atoms with Crippen molar-refractivity contribution in [3.05, 3.63) is 0 Å². The molecule has 0 spiro atoms. The van der Waals surface area contributed by atoms with Crippen molar-refractivity contribution < 1.29 is 9.59 Å². The molecule has 5 heteroatoms. The molecule has 0 heterocycles. The standard InChI is InChI=1S/C12H23N3O2/c13-8-9-4-3-5-10(9)12(17)15-7-2-1-6-11(14)16/h9-10H,1-8,13H2,(H2,14,16)(H,15,17). The number of unbranched alkanes of at least 4 members (excludes halogenated alkanes) is 1. The van der Waals surface area contributed by atoms with Crippen LogP contribution in [-0.2, 0) is 9.59 Å². The highest BCUT2D eigenvalue weighted by molar-refractivity contribution is 5.79. The van der Waals surface area contributed by atoms with Crippen molar-refractivity contribution in [1.82, 2.24) is 5.32 Å². The van der Waals surface area contributed by atoms with E-state index in [4.69, 9.17) is 11.5 Å². The Morgan fingerprint density at radius 3 is 2.65 bits per heavy atom. The van der Waals surface area contributed by atoms with Crippen molar-refractivity contribution in [3.63, 3.8) is 0 Å². The number of carbonyl (C=O) groups is 2. The highest BCUT2D eigenvalue weighted by atomic mass is 16.2. The maximum absolute atomic E-state index is 11.9. The molecule has 2 amide bonds. The molecular formula is C12H23N3O2. The Balaban J connectivity index is 2.14.